The standard InChI is InChI=1S/C25H17ClFN3O2/c26-18-4-3-5-20(13-18)30-25(32)22(24(31)28-30)12-17-15-29(23-7-2-1-6-21(17)23)14-16-8-10-19(27)11-9-16/h1-13,15H,14H2,(H,28,31)/b22-12+. The molecule has 1 aromatic heterocycles. The van der Waals surface area contributed by atoms with E-state index in [0.717, 1.165) is 22.0 Å². The van der Waals surface area contributed by atoms with E-state index in [9.17, 15) is 14.0 Å². The number of hydrogen-bond acceptors (Lipinski definition) is 2. The van der Waals surface area contributed by atoms with Gasteiger partial charge in [0.25, 0.3) is 11.8 Å². The lowest BCUT2D eigenvalue weighted by molar-refractivity contribution is -0.117. The molecule has 0 radical (unpaired) electrons. The van der Waals surface area contributed by atoms with Crippen LogP contribution in [0.2, 0.25) is 5.02 Å². The zero-order valence-electron chi connectivity index (χ0n) is 16.8. The lowest BCUT2D eigenvalue weighted by Crippen LogP contribution is -2.35. The first-order valence-corrected chi connectivity index (χ1v) is 10.3. The van der Waals surface area contributed by atoms with E-state index in [0.29, 0.717) is 17.3 Å². The van der Waals surface area contributed by atoms with Crippen molar-refractivity contribution in [2.24, 2.45) is 0 Å². The Morgan fingerprint density at radius 2 is 1.75 bits per heavy atom. The van der Waals surface area contributed by atoms with E-state index in [1.807, 2.05) is 35.0 Å². The van der Waals surface area contributed by atoms with Crippen LogP contribution in [-0.4, -0.2) is 16.4 Å². The molecule has 32 heavy (non-hydrogen) atoms. The van der Waals surface area contributed by atoms with Crippen LogP contribution in [0.1, 0.15) is 11.1 Å². The first kappa shape index (κ1) is 20.0. The van der Waals surface area contributed by atoms with Crippen molar-refractivity contribution in [3.05, 3.63) is 107 Å². The number of hydrogen-bond donors (Lipinski definition) is 1. The Kier molecular flexibility index (Phi) is 4.99. The summed E-state index contributed by atoms with van der Waals surface area (Å²) in [6.45, 7) is 0.527. The van der Waals surface area contributed by atoms with Crippen LogP contribution in [0.3, 0.4) is 0 Å². The van der Waals surface area contributed by atoms with Crippen LogP contribution >= 0.6 is 11.6 Å². The first-order chi connectivity index (χ1) is 15.5. The van der Waals surface area contributed by atoms with Crippen molar-refractivity contribution >= 4 is 46.1 Å². The molecule has 1 aliphatic heterocycles. The SMILES string of the molecule is O=C1NN(c2cccc(Cl)c2)C(=O)/C1=C/c1cn(Cc2ccc(F)cc2)c2ccccc12. The zero-order valence-corrected chi connectivity index (χ0v) is 17.5. The van der Waals surface area contributed by atoms with Crippen LogP contribution in [0.25, 0.3) is 17.0 Å². The van der Waals surface area contributed by atoms with Gasteiger partial charge in [0, 0.05) is 34.2 Å². The van der Waals surface area contributed by atoms with Crippen molar-refractivity contribution in [2.75, 3.05) is 5.01 Å². The molecule has 1 N–H and O–H groups in total. The Labute approximate surface area is 188 Å². The molecular weight excluding hydrogens is 429 g/mol. The highest BCUT2D eigenvalue weighted by Crippen LogP contribution is 2.28. The third-order valence-corrected chi connectivity index (χ3v) is 5.58. The molecule has 158 valence electrons. The molecule has 1 fully saturated rings. The highest BCUT2D eigenvalue weighted by Gasteiger charge is 2.34. The summed E-state index contributed by atoms with van der Waals surface area (Å²) in [6, 6.07) is 20.8. The minimum absolute atomic E-state index is 0.0367. The Hall–Kier alpha value is -3.90. The van der Waals surface area contributed by atoms with Gasteiger partial charge in [-0.2, -0.15) is 0 Å². The minimum Gasteiger partial charge on any atom is -0.342 e. The summed E-state index contributed by atoms with van der Waals surface area (Å²) in [5.74, 6) is -1.22. The largest absolute Gasteiger partial charge is 0.342 e. The normalized spacial score (nSPS) is 15.1. The molecule has 2 heterocycles. The summed E-state index contributed by atoms with van der Waals surface area (Å²) >= 11 is 6.03. The first-order valence-electron chi connectivity index (χ1n) is 9.94. The number of carbonyl (C=O) groups excluding carboxylic acids is 2. The van der Waals surface area contributed by atoms with E-state index in [4.69, 9.17) is 11.6 Å². The van der Waals surface area contributed by atoms with Crippen molar-refractivity contribution in [2.45, 2.75) is 6.54 Å². The molecule has 0 unspecified atom stereocenters. The van der Waals surface area contributed by atoms with E-state index >= 15 is 0 Å². The van der Waals surface area contributed by atoms with Crippen LogP contribution in [-0.2, 0) is 16.1 Å². The minimum atomic E-state index is -0.481. The number of fused-ring (bicyclic) bond motifs is 1. The van der Waals surface area contributed by atoms with Crippen LogP contribution in [0, 0.1) is 5.82 Å². The third kappa shape index (κ3) is 3.65. The van der Waals surface area contributed by atoms with Crippen LogP contribution < -0.4 is 10.4 Å². The summed E-state index contributed by atoms with van der Waals surface area (Å²) in [5, 5.41) is 2.56. The molecule has 4 aromatic rings. The lowest BCUT2D eigenvalue weighted by Gasteiger charge is -2.14. The molecule has 7 heteroatoms. The van der Waals surface area contributed by atoms with Gasteiger partial charge in [-0.25, -0.2) is 9.40 Å². The van der Waals surface area contributed by atoms with E-state index in [2.05, 4.69) is 5.43 Å². The highest BCUT2D eigenvalue weighted by molar-refractivity contribution is 6.33. The monoisotopic (exact) mass is 445 g/mol. The second kappa shape index (κ2) is 7.98. The van der Waals surface area contributed by atoms with Gasteiger partial charge < -0.3 is 4.57 Å². The van der Waals surface area contributed by atoms with E-state index in [-0.39, 0.29) is 11.4 Å². The topological polar surface area (TPSA) is 54.3 Å². The highest BCUT2D eigenvalue weighted by atomic mass is 35.5. The second-order valence-corrected chi connectivity index (χ2v) is 7.91. The molecule has 5 nitrogen and oxygen atoms in total. The molecule has 2 amide bonds. The number of para-hydroxylation sites is 1. The molecular formula is C25H17ClFN3O2. The van der Waals surface area contributed by atoms with Crippen LogP contribution in [0.15, 0.2) is 84.6 Å². The molecule has 0 spiro atoms. The third-order valence-electron chi connectivity index (χ3n) is 5.34. The molecule has 3 aromatic carbocycles. The predicted octanol–water partition coefficient (Wildman–Crippen LogP) is 4.94. The van der Waals surface area contributed by atoms with Gasteiger partial charge in [-0.1, -0.05) is 48.0 Å². The number of benzene rings is 3. The van der Waals surface area contributed by atoms with Crippen LogP contribution in [0.5, 0.6) is 0 Å². The van der Waals surface area contributed by atoms with Gasteiger partial charge >= 0.3 is 0 Å². The van der Waals surface area contributed by atoms with Crippen molar-refractivity contribution < 1.29 is 14.0 Å². The molecule has 0 atom stereocenters. The van der Waals surface area contributed by atoms with Crippen molar-refractivity contribution in [1.82, 2.24) is 9.99 Å². The van der Waals surface area contributed by atoms with Gasteiger partial charge in [-0.3, -0.25) is 15.0 Å². The van der Waals surface area contributed by atoms with Crippen molar-refractivity contribution in [3.8, 4) is 0 Å². The number of amides is 2. The van der Waals surface area contributed by atoms with Gasteiger partial charge in [-0.15, -0.1) is 0 Å². The summed E-state index contributed by atoms with van der Waals surface area (Å²) in [6.07, 6.45) is 3.50. The van der Waals surface area contributed by atoms with Gasteiger partial charge in [0.1, 0.15) is 11.4 Å². The van der Waals surface area contributed by atoms with Crippen LogP contribution in [0.4, 0.5) is 10.1 Å². The Bertz CT molecular complexity index is 1390. The molecule has 1 aliphatic rings. The fourth-order valence-corrected chi connectivity index (χ4v) is 4.00. The average molecular weight is 446 g/mol. The number of aromatic nitrogens is 1. The number of nitrogens with one attached hydrogen (secondary N) is 1. The molecule has 1 saturated heterocycles. The predicted molar refractivity (Wildman–Crippen MR) is 122 cm³/mol. The number of anilines is 1. The van der Waals surface area contributed by atoms with E-state index in [1.165, 1.54) is 17.1 Å². The molecule has 0 aliphatic carbocycles. The maximum absolute atomic E-state index is 13.3. The fraction of sp³-hybridized carbons (Fsp3) is 0.0400. The van der Waals surface area contributed by atoms with Gasteiger partial charge in [-0.05, 0) is 48.0 Å². The number of carbonyl (C=O) groups is 2. The van der Waals surface area contributed by atoms with Gasteiger partial charge in [0.05, 0.1) is 5.69 Å². The summed E-state index contributed by atoms with van der Waals surface area (Å²) in [5.41, 5.74) is 5.74. The summed E-state index contributed by atoms with van der Waals surface area (Å²) < 4.78 is 15.3. The van der Waals surface area contributed by atoms with Crippen molar-refractivity contribution in [3.63, 3.8) is 0 Å². The summed E-state index contributed by atoms with van der Waals surface area (Å²) in [7, 11) is 0. The molecule has 0 saturated carbocycles. The van der Waals surface area contributed by atoms with E-state index < -0.39 is 11.8 Å². The molecule has 0 bridgehead atoms. The number of hydrazine groups is 1. The fourth-order valence-electron chi connectivity index (χ4n) is 3.82. The average Bonchev–Trinajstić information content (AvgIpc) is 3.28. The number of nitrogens with zero attached hydrogens (tertiary/aromatic N) is 2. The van der Waals surface area contributed by atoms with Gasteiger partial charge in [0.15, 0.2) is 0 Å². The summed E-state index contributed by atoms with van der Waals surface area (Å²) in [4.78, 5) is 25.6. The number of rotatable bonds is 4. The smallest absolute Gasteiger partial charge is 0.282 e. The second-order valence-electron chi connectivity index (χ2n) is 7.48. The lowest BCUT2D eigenvalue weighted by atomic mass is 10.1. The number of halogens is 2. The Morgan fingerprint density at radius 3 is 2.53 bits per heavy atom. The zero-order chi connectivity index (χ0) is 22.2. The van der Waals surface area contributed by atoms with E-state index in [1.54, 1.807) is 42.5 Å². The quantitative estimate of drug-likeness (QED) is 0.357. The maximum Gasteiger partial charge on any atom is 0.282 e. The Balaban J connectivity index is 1.53. The Morgan fingerprint density at radius 1 is 0.969 bits per heavy atom. The maximum atomic E-state index is 13.3. The molecule has 5 rings (SSSR count). The van der Waals surface area contributed by atoms with Crippen molar-refractivity contribution in [1.29, 1.82) is 0 Å². The van der Waals surface area contributed by atoms with Gasteiger partial charge in [0.2, 0.25) is 0 Å².